The third kappa shape index (κ3) is 4.14. The molecule has 0 aliphatic rings. The zero-order valence-electron chi connectivity index (χ0n) is 9.73. The summed E-state index contributed by atoms with van der Waals surface area (Å²) in [6.07, 6.45) is 0.415. The Kier molecular flexibility index (Phi) is 5.19. The number of hydrogen-bond donors (Lipinski definition) is 0. The Labute approximate surface area is 100 Å². The van der Waals surface area contributed by atoms with Gasteiger partial charge in [-0.3, -0.25) is 4.79 Å². The van der Waals surface area contributed by atoms with Crippen molar-refractivity contribution >= 4 is 17.7 Å². The molecule has 16 heavy (non-hydrogen) atoms. The molecule has 0 amide bonds. The summed E-state index contributed by atoms with van der Waals surface area (Å²) in [5, 5.41) is 0.194. The highest BCUT2D eigenvalue weighted by Crippen LogP contribution is 2.28. The van der Waals surface area contributed by atoms with Gasteiger partial charge in [0, 0.05) is 10.1 Å². The fourth-order valence-corrected chi connectivity index (χ4v) is 2.29. The van der Waals surface area contributed by atoms with Gasteiger partial charge >= 0.3 is 5.97 Å². The summed E-state index contributed by atoms with van der Waals surface area (Å²) in [6.45, 7) is 2.00. The summed E-state index contributed by atoms with van der Waals surface area (Å²) in [5.41, 5.74) is 0. The van der Waals surface area contributed by atoms with Gasteiger partial charge in [0.25, 0.3) is 0 Å². The first-order valence-electron chi connectivity index (χ1n) is 5.03. The summed E-state index contributed by atoms with van der Waals surface area (Å²) in [4.78, 5) is 12.2. The summed E-state index contributed by atoms with van der Waals surface area (Å²) >= 11 is 1.64. The van der Waals surface area contributed by atoms with Crippen LogP contribution in [-0.4, -0.2) is 25.4 Å². The normalized spacial score (nSPS) is 11.9. The molecule has 0 aliphatic heterocycles. The standard InChI is InChI=1S/C12H16O3S/c1-9(7-12(13)15-3)16-11-6-4-5-10(8-11)14-2/h4-6,8-9H,7H2,1-3H3. The largest absolute Gasteiger partial charge is 0.497 e. The highest BCUT2D eigenvalue weighted by Gasteiger charge is 2.10. The molecule has 0 spiro atoms. The molecule has 1 atom stereocenters. The number of thioether (sulfide) groups is 1. The molecule has 1 rings (SSSR count). The van der Waals surface area contributed by atoms with Gasteiger partial charge in [-0.25, -0.2) is 0 Å². The molecule has 0 saturated heterocycles. The third-order valence-electron chi connectivity index (χ3n) is 2.06. The van der Waals surface area contributed by atoms with Crippen LogP contribution in [0.15, 0.2) is 29.2 Å². The van der Waals surface area contributed by atoms with Crippen LogP contribution in [0.4, 0.5) is 0 Å². The van der Waals surface area contributed by atoms with Crippen molar-refractivity contribution in [2.75, 3.05) is 14.2 Å². The maximum Gasteiger partial charge on any atom is 0.306 e. The number of carbonyl (C=O) groups excluding carboxylic acids is 1. The lowest BCUT2D eigenvalue weighted by atomic mass is 10.3. The predicted octanol–water partition coefficient (Wildman–Crippen LogP) is 2.74. The molecule has 0 radical (unpaired) electrons. The average Bonchev–Trinajstić information content (AvgIpc) is 2.28. The Morgan fingerprint density at radius 1 is 1.44 bits per heavy atom. The lowest BCUT2D eigenvalue weighted by Gasteiger charge is -2.10. The van der Waals surface area contributed by atoms with E-state index in [4.69, 9.17) is 4.74 Å². The molecule has 0 aliphatic carbocycles. The van der Waals surface area contributed by atoms with Gasteiger partial charge in [0.05, 0.1) is 20.6 Å². The van der Waals surface area contributed by atoms with E-state index in [-0.39, 0.29) is 11.2 Å². The second kappa shape index (κ2) is 6.43. The van der Waals surface area contributed by atoms with Gasteiger partial charge < -0.3 is 9.47 Å². The van der Waals surface area contributed by atoms with Gasteiger partial charge in [0.1, 0.15) is 5.75 Å². The highest BCUT2D eigenvalue weighted by atomic mass is 32.2. The predicted molar refractivity (Wildman–Crippen MR) is 64.9 cm³/mol. The van der Waals surface area contributed by atoms with Gasteiger partial charge in [-0.1, -0.05) is 13.0 Å². The van der Waals surface area contributed by atoms with E-state index in [1.54, 1.807) is 18.9 Å². The van der Waals surface area contributed by atoms with Gasteiger partial charge in [0.15, 0.2) is 0 Å². The molecule has 0 bridgehead atoms. The highest BCUT2D eigenvalue weighted by molar-refractivity contribution is 8.00. The molecule has 0 heterocycles. The lowest BCUT2D eigenvalue weighted by molar-refractivity contribution is -0.140. The fraction of sp³-hybridized carbons (Fsp3) is 0.417. The zero-order chi connectivity index (χ0) is 12.0. The van der Waals surface area contributed by atoms with Crippen LogP contribution in [0.25, 0.3) is 0 Å². The zero-order valence-corrected chi connectivity index (χ0v) is 10.5. The van der Waals surface area contributed by atoms with Crippen LogP contribution in [0.2, 0.25) is 0 Å². The second-order valence-electron chi connectivity index (χ2n) is 3.39. The fourth-order valence-electron chi connectivity index (χ4n) is 1.27. The minimum absolute atomic E-state index is 0.178. The Morgan fingerprint density at radius 3 is 2.81 bits per heavy atom. The molecule has 1 aromatic carbocycles. The molecule has 4 heteroatoms. The molecule has 0 saturated carbocycles. The van der Waals surface area contributed by atoms with Crippen LogP contribution >= 0.6 is 11.8 Å². The van der Waals surface area contributed by atoms with E-state index in [0.717, 1.165) is 10.6 Å². The number of carbonyl (C=O) groups is 1. The summed E-state index contributed by atoms with van der Waals surface area (Å²) in [5.74, 6) is 0.651. The molecular formula is C12H16O3S. The first kappa shape index (κ1) is 12.9. The molecule has 88 valence electrons. The number of esters is 1. The molecule has 0 fully saturated rings. The quantitative estimate of drug-likeness (QED) is 0.585. The van der Waals surface area contributed by atoms with E-state index in [2.05, 4.69) is 4.74 Å². The van der Waals surface area contributed by atoms with Crippen molar-refractivity contribution in [3.8, 4) is 5.75 Å². The van der Waals surface area contributed by atoms with Gasteiger partial charge in [-0.05, 0) is 18.2 Å². The van der Waals surface area contributed by atoms with E-state index in [9.17, 15) is 4.79 Å². The van der Waals surface area contributed by atoms with Crippen molar-refractivity contribution in [1.82, 2.24) is 0 Å². The second-order valence-corrected chi connectivity index (χ2v) is 4.90. The lowest BCUT2D eigenvalue weighted by Crippen LogP contribution is -2.08. The number of methoxy groups -OCH3 is 2. The molecule has 1 aromatic rings. The summed E-state index contributed by atoms with van der Waals surface area (Å²) < 4.78 is 9.76. The Balaban J connectivity index is 2.55. The van der Waals surface area contributed by atoms with E-state index >= 15 is 0 Å². The van der Waals surface area contributed by atoms with Crippen molar-refractivity contribution in [2.45, 2.75) is 23.5 Å². The number of hydrogen-bond acceptors (Lipinski definition) is 4. The number of rotatable bonds is 5. The molecule has 1 unspecified atom stereocenters. The van der Waals surface area contributed by atoms with Crippen molar-refractivity contribution in [3.05, 3.63) is 24.3 Å². The van der Waals surface area contributed by atoms with Gasteiger partial charge in [-0.2, -0.15) is 0 Å². The first-order valence-corrected chi connectivity index (χ1v) is 5.91. The Bertz CT molecular complexity index is 352. The maximum atomic E-state index is 11.1. The van der Waals surface area contributed by atoms with Crippen LogP contribution in [-0.2, 0) is 9.53 Å². The van der Waals surface area contributed by atoms with Crippen LogP contribution in [0.5, 0.6) is 5.75 Å². The average molecular weight is 240 g/mol. The summed E-state index contributed by atoms with van der Waals surface area (Å²) in [6, 6.07) is 7.79. The first-order chi connectivity index (χ1) is 7.65. The Hall–Kier alpha value is -1.16. The van der Waals surface area contributed by atoms with E-state index in [1.807, 2.05) is 31.2 Å². The number of benzene rings is 1. The van der Waals surface area contributed by atoms with E-state index in [1.165, 1.54) is 7.11 Å². The van der Waals surface area contributed by atoms with E-state index in [0.29, 0.717) is 6.42 Å². The molecule has 3 nitrogen and oxygen atoms in total. The Morgan fingerprint density at radius 2 is 2.19 bits per heavy atom. The molecule has 0 N–H and O–H groups in total. The molecule has 0 aromatic heterocycles. The topological polar surface area (TPSA) is 35.5 Å². The third-order valence-corrected chi connectivity index (χ3v) is 3.16. The van der Waals surface area contributed by atoms with Gasteiger partial charge in [0.2, 0.25) is 0 Å². The van der Waals surface area contributed by atoms with Crippen molar-refractivity contribution in [1.29, 1.82) is 0 Å². The van der Waals surface area contributed by atoms with Crippen molar-refractivity contribution in [3.63, 3.8) is 0 Å². The van der Waals surface area contributed by atoms with Crippen molar-refractivity contribution in [2.24, 2.45) is 0 Å². The number of ether oxygens (including phenoxy) is 2. The summed E-state index contributed by atoms with van der Waals surface area (Å²) in [7, 11) is 3.05. The maximum absolute atomic E-state index is 11.1. The van der Waals surface area contributed by atoms with E-state index < -0.39 is 0 Å². The monoisotopic (exact) mass is 240 g/mol. The van der Waals surface area contributed by atoms with Crippen LogP contribution in [0, 0.1) is 0 Å². The van der Waals surface area contributed by atoms with Crippen molar-refractivity contribution < 1.29 is 14.3 Å². The smallest absolute Gasteiger partial charge is 0.306 e. The van der Waals surface area contributed by atoms with Gasteiger partial charge in [-0.15, -0.1) is 11.8 Å². The van der Waals surface area contributed by atoms with Crippen LogP contribution in [0.3, 0.4) is 0 Å². The minimum Gasteiger partial charge on any atom is -0.497 e. The van der Waals surface area contributed by atoms with Crippen LogP contribution < -0.4 is 4.74 Å². The SMILES string of the molecule is COC(=O)CC(C)Sc1cccc(OC)c1. The molecular weight excluding hydrogens is 224 g/mol. The minimum atomic E-state index is -0.178. The van der Waals surface area contributed by atoms with Crippen LogP contribution in [0.1, 0.15) is 13.3 Å².